The molecule has 1 aliphatic rings. The maximum Gasteiger partial charge on any atom is 0.358 e. The number of ether oxygens (including phenoxy) is 4. The van der Waals surface area contributed by atoms with E-state index in [4.69, 9.17) is 24.1 Å². The highest BCUT2D eigenvalue weighted by Crippen LogP contribution is 2.14. The Bertz CT molecular complexity index is 1190. The lowest BCUT2D eigenvalue weighted by Gasteiger charge is -2.14. The highest BCUT2D eigenvalue weighted by Gasteiger charge is 2.32. The van der Waals surface area contributed by atoms with Crippen molar-refractivity contribution in [2.24, 2.45) is 0 Å². The quantitative estimate of drug-likeness (QED) is 0.0443. The third-order valence-corrected chi connectivity index (χ3v) is 8.37. The molecule has 0 aliphatic carbocycles. The molecule has 19 nitrogen and oxygen atoms in total. The van der Waals surface area contributed by atoms with Crippen LogP contribution in [0.3, 0.4) is 0 Å². The van der Waals surface area contributed by atoms with Gasteiger partial charge in [-0.3, -0.25) is 28.8 Å². The van der Waals surface area contributed by atoms with E-state index in [1.807, 2.05) is 0 Å². The molecule has 0 saturated carbocycles. The lowest BCUT2D eigenvalue weighted by atomic mass is 10.0. The predicted molar refractivity (Wildman–Crippen MR) is 198 cm³/mol. The maximum absolute atomic E-state index is 12.3. The molecule has 0 aromatic rings. The molecule has 0 aromatic heterocycles. The molecule has 0 bridgehead atoms. The zero-order chi connectivity index (χ0) is 41.2. The van der Waals surface area contributed by atoms with Crippen molar-refractivity contribution >= 4 is 47.4 Å². The fourth-order valence-electron chi connectivity index (χ4n) is 5.34. The van der Waals surface area contributed by atoms with Gasteiger partial charge in [0.25, 0.3) is 11.8 Å². The van der Waals surface area contributed by atoms with Crippen LogP contribution in [0.2, 0.25) is 0 Å². The van der Waals surface area contributed by atoms with Crippen LogP contribution < -0.4 is 16.0 Å². The molecule has 1 atom stereocenters. The Kier molecular flexibility index (Phi) is 29.3. The molecule has 1 fully saturated rings. The van der Waals surface area contributed by atoms with Crippen LogP contribution in [0.15, 0.2) is 0 Å². The van der Waals surface area contributed by atoms with Gasteiger partial charge in [-0.15, -0.1) is 5.06 Å². The van der Waals surface area contributed by atoms with E-state index in [9.17, 15) is 43.5 Å². The average Bonchev–Trinajstić information content (AvgIpc) is 3.47. The number of carboxylic acids is 2. The molecular weight excluding hydrogens is 740 g/mol. The van der Waals surface area contributed by atoms with Gasteiger partial charge in [0.05, 0.1) is 39.6 Å². The minimum atomic E-state index is -1.20. The number of unbranched alkanes of at least 4 members (excludes halogenated alkanes) is 11. The van der Waals surface area contributed by atoms with Gasteiger partial charge in [-0.25, -0.2) is 9.59 Å². The number of aliphatic carboxylic acids is 2. The van der Waals surface area contributed by atoms with Crippen LogP contribution in [-0.2, 0) is 62.1 Å². The van der Waals surface area contributed by atoms with Crippen molar-refractivity contribution < 1.29 is 72.4 Å². The minimum Gasteiger partial charge on any atom is -0.481 e. The van der Waals surface area contributed by atoms with Crippen LogP contribution in [0, 0.1) is 0 Å². The molecule has 1 rings (SSSR count). The van der Waals surface area contributed by atoms with E-state index in [-0.39, 0.29) is 116 Å². The van der Waals surface area contributed by atoms with Crippen LogP contribution in [0.5, 0.6) is 0 Å². The summed E-state index contributed by atoms with van der Waals surface area (Å²) in [5.41, 5.74) is 0. The van der Waals surface area contributed by atoms with Gasteiger partial charge in [-0.05, 0) is 19.3 Å². The second-order valence-electron chi connectivity index (χ2n) is 13.2. The third kappa shape index (κ3) is 28.2. The molecule has 1 aliphatic heterocycles. The van der Waals surface area contributed by atoms with Crippen molar-refractivity contribution in [1.29, 1.82) is 0 Å². The van der Waals surface area contributed by atoms with Gasteiger partial charge in [-0.2, -0.15) is 0 Å². The maximum atomic E-state index is 12.3. The van der Waals surface area contributed by atoms with Crippen molar-refractivity contribution in [3.05, 3.63) is 0 Å². The van der Waals surface area contributed by atoms with Crippen molar-refractivity contribution in [2.45, 2.75) is 122 Å². The molecule has 19 heteroatoms. The summed E-state index contributed by atoms with van der Waals surface area (Å²) in [6, 6.07) is -1.15. The first kappa shape index (κ1) is 49.8. The van der Waals surface area contributed by atoms with Crippen LogP contribution in [0.25, 0.3) is 0 Å². The predicted octanol–water partition coefficient (Wildman–Crippen LogP) is 1.79. The van der Waals surface area contributed by atoms with Gasteiger partial charge in [0, 0.05) is 45.2 Å². The number of nitrogens with one attached hydrogen (secondary N) is 3. The number of amides is 5. The van der Waals surface area contributed by atoms with Crippen molar-refractivity contribution in [3.63, 3.8) is 0 Å². The van der Waals surface area contributed by atoms with Crippen molar-refractivity contribution in [3.8, 4) is 0 Å². The second-order valence-corrected chi connectivity index (χ2v) is 13.2. The van der Waals surface area contributed by atoms with Gasteiger partial charge in [0.15, 0.2) is 0 Å². The minimum absolute atomic E-state index is 0.00153. The molecule has 0 aromatic carbocycles. The zero-order valence-electron chi connectivity index (χ0n) is 32.5. The molecule has 0 radical (unpaired) electrons. The highest BCUT2D eigenvalue weighted by molar-refractivity contribution is 6.01. The van der Waals surface area contributed by atoms with Crippen molar-refractivity contribution in [1.82, 2.24) is 21.0 Å². The largest absolute Gasteiger partial charge is 0.481 e. The molecule has 1 heterocycles. The number of carbonyl (C=O) groups is 8. The van der Waals surface area contributed by atoms with E-state index < -0.39 is 42.4 Å². The standard InChI is InChI=1S/C37H62N4O15/c42-30(16-15-29(37(50)51)40-31(43)13-11-9-7-5-3-1-2-4-6-8-10-12-14-35(47)48)38-19-21-52-23-25-54-27-32(44)39-20-22-53-24-26-55-28-36(49)56-41-33(45)17-18-34(41)46/h29H,1-28H2,(H,38,42)(H,39,44)(H,40,43)(H,47,48)(H,50,51)/t29-/m0/s1. The van der Waals surface area contributed by atoms with E-state index in [2.05, 4.69) is 20.8 Å². The van der Waals surface area contributed by atoms with Crippen LogP contribution in [-0.4, -0.2) is 135 Å². The fraction of sp³-hybridized carbons (Fsp3) is 0.784. The van der Waals surface area contributed by atoms with E-state index in [0.29, 0.717) is 11.5 Å². The third-order valence-electron chi connectivity index (χ3n) is 8.37. The summed E-state index contributed by atoms with van der Waals surface area (Å²) < 4.78 is 20.9. The Morgan fingerprint density at radius 3 is 1.54 bits per heavy atom. The molecule has 0 unspecified atom stereocenters. The SMILES string of the molecule is O=C(O)CCCCCCCCCCCCCCC(=O)N[C@@H](CCC(=O)NCCOCCOCC(=O)NCCOCCOCC(=O)ON1C(=O)CCC1=O)C(=O)O. The summed E-state index contributed by atoms with van der Waals surface area (Å²) in [5, 5.41) is 26.3. The van der Waals surface area contributed by atoms with E-state index in [1.54, 1.807) is 0 Å². The second kappa shape index (κ2) is 33.0. The number of carboxylic acid groups (broad SMARTS) is 2. The lowest BCUT2D eigenvalue weighted by Crippen LogP contribution is -2.41. The number of carbonyl (C=O) groups excluding carboxylic acids is 6. The monoisotopic (exact) mass is 802 g/mol. The van der Waals surface area contributed by atoms with Crippen LogP contribution in [0.1, 0.15) is 116 Å². The first-order chi connectivity index (χ1) is 27.0. The number of imide groups is 1. The van der Waals surface area contributed by atoms with Gasteiger partial charge >= 0.3 is 17.9 Å². The number of hydrogen-bond acceptors (Lipinski definition) is 13. The smallest absolute Gasteiger partial charge is 0.358 e. The fourth-order valence-corrected chi connectivity index (χ4v) is 5.34. The van der Waals surface area contributed by atoms with Gasteiger partial charge in [-0.1, -0.05) is 64.2 Å². The summed E-state index contributed by atoms with van der Waals surface area (Å²) in [6.07, 6.45) is 12.6. The summed E-state index contributed by atoms with van der Waals surface area (Å²) in [7, 11) is 0. The van der Waals surface area contributed by atoms with Gasteiger partial charge in [0.2, 0.25) is 17.7 Å². The molecule has 56 heavy (non-hydrogen) atoms. The molecule has 5 N–H and O–H groups in total. The van der Waals surface area contributed by atoms with E-state index >= 15 is 0 Å². The Balaban J connectivity index is 1.92. The Hall–Kier alpha value is -4.20. The number of nitrogens with zero attached hydrogens (tertiary/aromatic N) is 1. The van der Waals surface area contributed by atoms with Gasteiger partial charge in [0.1, 0.15) is 19.3 Å². The summed E-state index contributed by atoms with van der Waals surface area (Å²) in [5.74, 6) is -5.05. The number of rotatable bonds is 37. The van der Waals surface area contributed by atoms with Crippen molar-refractivity contribution in [2.75, 3.05) is 65.9 Å². The highest BCUT2D eigenvalue weighted by atomic mass is 16.7. The van der Waals surface area contributed by atoms with E-state index in [0.717, 1.165) is 57.8 Å². The molecule has 320 valence electrons. The Morgan fingerprint density at radius 2 is 1.02 bits per heavy atom. The molecule has 0 spiro atoms. The van der Waals surface area contributed by atoms with Gasteiger partial charge < -0.3 is 49.9 Å². The first-order valence-electron chi connectivity index (χ1n) is 19.6. The summed E-state index contributed by atoms with van der Waals surface area (Å²) in [6.45, 7) is 0.602. The lowest BCUT2D eigenvalue weighted by molar-refractivity contribution is -0.200. The molecular formula is C37H62N4O15. The van der Waals surface area contributed by atoms with Crippen LogP contribution >= 0.6 is 0 Å². The summed E-state index contributed by atoms with van der Waals surface area (Å²) >= 11 is 0. The molecule has 5 amide bonds. The Morgan fingerprint density at radius 1 is 0.554 bits per heavy atom. The van der Waals surface area contributed by atoms with E-state index in [1.165, 1.54) is 12.8 Å². The molecule has 1 saturated heterocycles. The zero-order valence-corrected chi connectivity index (χ0v) is 32.5. The van der Waals surface area contributed by atoms with Crippen LogP contribution in [0.4, 0.5) is 0 Å². The number of hydrogen-bond donors (Lipinski definition) is 5. The Labute approximate surface area is 328 Å². The number of hydroxylamine groups is 2. The topological polar surface area (TPSA) is 262 Å². The summed E-state index contributed by atoms with van der Waals surface area (Å²) in [4.78, 5) is 97.4. The average molecular weight is 803 g/mol. The normalized spacial score (nSPS) is 13.0. The first-order valence-corrected chi connectivity index (χ1v) is 19.6.